The number of carbonyl (C=O) groups excluding carboxylic acids is 1. The number of carbonyl (C=O) groups is 1. The van der Waals surface area contributed by atoms with Crippen molar-refractivity contribution in [3.05, 3.63) is 18.2 Å². The van der Waals surface area contributed by atoms with E-state index in [2.05, 4.69) is 21.5 Å². The van der Waals surface area contributed by atoms with Crippen molar-refractivity contribution in [1.29, 1.82) is 0 Å². The van der Waals surface area contributed by atoms with E-state index in [0.717, 1.165) is 18.8 Å². The van der Waals surface area contributed by atoms with Crippen LogP contribution in [0.1, 0.15) is 44.3 Å². The second-order valence-electron chi connectivity index (χ2n) is 7.58. The van der Waals surface area contributed by atoms with Gasteiger partial charge in [0.25, 0.3) is 0 Å². The molecule has 3 fully saturated rings. The maximum Gasteiger partial charge on any atom is 0.142 e. The Labute approximate surface area is 132 Å². The van der Waals surface area contributed by atoms with Gasteiger partial charge in [-0.25, -0.2) is 4.98 Å². The summed E-state index contributed by atoms with van der Waals surface area (Å²) in [4.78, 5) is 20.0. The van der Waals surface area contributed by atoms with Gasteiger partial charge in [0, 0.05) is 42.9 Å². The highest BCUT2D eigenvalue weighted by Gasteiger charge is 2.53. The molecule has 2 aliphatic carbocycles. The molecule has 5 atom stereocenters. The molecule has 4 nitrogen and oxygen atoms in total. The third-order valence-corrected chi connectivity index (χ3v) is 6.59. The van der Waals surface area contributed by atoms with Crippen LogP contribution in [0.2, 0.25) is 0 Å². The van der Waals surface area contributed by atoms with Crippen molar-refractivity contribution >= 4 is 5.78 Å². The zero-order valence-electron chi connectivity index (χ0n) is 13.7. The predicted octanol–water partition coefficient (Wildman–Crippen LogP) is 2.66. The summed E-state index contributed by atoms with van der Waals surface area (Å²) in [6, 6.07) is 1.18. The summed E-state index contributed by atoms with van der Waals surface area (Å²) in [6.07, 6.45) is 11.3. The van der Waals surface area contributed by atoms with E-state index in [1.165, 1.54) is 32.1 Å². The summed E-state index contributed by atoms with van der Waals surface area (Å²) in [5.74, 6) is 2.70. The van der Waals surface area contributed by atoms with Gasteiger partial charge in [-0.05, 0) is 45.6 Å². The highest BCUT2D eigenvalue weighted by atomic mass is 16.1. The van der Waals surface area contributed by atoms with Crippen molar-refractivity contribution in [2.45, 2.75) is 64.1 Å². The summed E-state index contributed by atoms with van der Waals surface area (Å²) in [7, 11) is 2.27. The quantitative estimate of drug-likeness (QED) is 0.843. The van der Waals surface area contributed by atoms with Gasteiger partial charge >= 0.3 is 0 Å². The first kappa shape index (κ1) is 14.4. The van der Waals surface area contributed by atoms with Crippen molar-refractivity contribution < 1.29 is 4.79 Å². The molecule has 2 saturated carbocycles. The molecule has 0 spiro atoms. The highest BCUT2D eigenvalue weighted by molar-refractivity contribution is 5.85. The van der Waals surface area contributed by atoms with Gasteiger partial charge < -0.3 is 4.57 Å². The number of rotatable bonds is 2. The predicted molar refractivity (Wildman–Crippen MR) is 85.5 cm³/mol. The van der Waals surface area contributed by atoms with Crippen LogP contribution in [0.5, 0.6) is 0 Å². The Balaban J connectivity index is 1.55. The average molecular weight is 301 g/mol. The Morgan fingerprint density at radius 2 is 2.00 bits per heavy atom. The topological polar surface area (TPSA) is 38.1 Å². The molecule has 0 amide bonds. The average Bonchev–Trinajstić information content (AvgIpc) is 3.05. The van der Waals surface area contributed by atoms with Gasteiger partial charge in [-0.1, -0.05) is 12.8 Å². The fraction of sp³-hybridized carbons (Fsp3) is 0.778. The first-order valence-electron chi connectivity index (χ1n) is 8.90. The van der Waals surface area contributed by atoms with E-state index >= 15 is 0 Å². The number of aryl methyl sites for hydroxylation is 1. The fourth-order valence-corrected chi connectivity index (χ4v) is 5.43. The molecule has 22 heavy (non-hydrogen) atoms. The molecule has 0 bridgehead atoms. The van der Waals surface area contributed by atoms with Crippen LogP contribution in [-0.2, 0) is 11.3 Å². The first-order chi connectivity index (χ1) is 10.7. The van der Waals surface area contributed by atoms with Gasteiger partial charge in [0.05, 0.1) is 0 Å². The number of likely N-dealkylation sites (tertiary alicyclic amines) is 1. The molecule has 120 valence electrons. The third kappa shape index (κ3) is 2.15. The molecule has 0 N–H and O–H groups in total. The van der Waals surface area contributed by atoms with Crippen LogP contribution in [0.4, 0.5) is 0 Å². The highest BCUT2D eigenvalue weighted by Crippen LogP contribution is 2.48. The summed E-state index contributed by atoms with van der Waals surface area (Å²) in [5.41, 5.74) is 0. The van der Waals surface area contributed by atoms with E-state index in [0.29, 0.717) is 29.7 Å². The van der Waals surface area contributed by atoms with Gasteiger partial charge in [0.2, 0.25) is 0 Å². The van der Waals surface area contributed by atoms with Crippen LogP contribution in [0, 0.1) is 24.7 Å². The normalized spacial score (nSPS) is 38.8. The molecule has 1 aromatic rings. The van der Waals surface area contributed by atoms with Gasteiger partial charge in [-0.15, -0.1) is 0 Å². The van der Waals surface area contributed by atoms with E-state index in [9.17, 15) is 4.79 Å². The van der Waals surface area contributed by atoms with Crippen molar-refractivity contribution in [2.24, 2.45) is 17.8 Å². The van der Waals surface area contributed by atoms with Crippen LogP contribution >= 0.6 is 0 Å². The Kier molecular flexibility index (Phi) is 3.60. The fourth-order valence-electron chi connectivity index (χ4n) is 5.43. The molecule has 2 heterocycles. The summed E-state index contributed by atoms with van der Waals surface area (Å²) >= 11 is 0. The number of nitrogens with zero attached hydrogens (tertiary/aromatic N) is 3. The van der Waals surface area contributed by atoms with Crippen LogP contribution in [0.3, 0.4) is 0 Å². The first-order valence-corrected chi connectivity index (χ1v) is 8.90. The Morgan fingerprint density at radius 3 is 2.77 bits per heavy atom. The van der Waals surface area contributed by atoms with Gasteiger partial charge in [-0.3, -0.25) is 9.69 Å². The molecule has 1 saturated heterocycles. The Bertz CT molecular complexity index is 566. The van der Waals surface area contributed by atoms with Crippen LogP contribution < -0.4 is 0 Å². The number of ketones is 1. The third-order valence-electron chi connectivity index (χ3n) is 6.59. The second kappa shape index (κ2) is 5.48. The molecular formula is C18H27N3O. The number of Topliss-reactive ketones (excluding diaryl/α,β-unsaturated/α-hetero) is 1. The largest absolute Gasteiger partial charge is 0.334 e. The van der Waals surface area contributed by atoms with E-state index < -0.39 is 0 Å². The van der Waals surface area contributed by atoms with E-state index in [-0.39, 0.29) is 5.92 Å². The zero-order valence-corrected chi connectivity index (χ0v) is 13.7. The lowest BCUT2D eigenvalue weighted by Gasteiger charge is -2.34. The minimum absolute atomic E-state index is 0.197. The lowest BCUT2D eigenvalue weighted by Crippen LogP contribution is -2.43. The number of hydrogen-bond acceptors (Lipinski definition) is 3. The van der Waals surface area contributed by atoms with E-state index in [1.54, 1.807) is 0 Å². The molecule has 0 radical (unpaired) electrons. The van der Waals surface area contributed by atoms with Crippen molar-refractivity contribution in [3.63, 3.8) is 0 Å². The molecule has 4 rings (SSSR count). The second-order valence-corrected chi connectivity index (χ2v) is 7.58. The SMILES string of the molecule is Cc1nccn1CC1CCC2C(C1=O)C1CCCCC1N2C. The Morgan fingerprint density at radius 1 is 1.18 bits per heavy atom. The molecule has 4 heteroatoms. The summed E-state index contributed by atoms with van der Waals surface area (Å²) < 4.78 is 2.15. The number of imidazole rings is 1. The summed E-state index contributed by atoms with van der Waals surface area (Å²) in [5, 5.41) is 0. The van der Waals surface area contributed by atoms with E-state index in [4.69, 9.17) is 0 Å². The van der Waals surface area contributed by atoms with Crippen LogP contribution in [0.25, 0.3) is 0 Å². The monoisotopic (exact) mass is 301 g/mol. The number of aromatic nitrogens is 2. The van der Waals surface area contributed by atoms with E-state index in [1.807, 2.05) is 19.3 Å². The summed E-state index contributed by atoms with van der Waals surface area (Å²) in [6.45, 7) is 2.85. The smallest absolute Gasteiger partial charge is 0.142 e. The number of hydrogen-bond donors (Lipinski definition) is 0. The van der Waals surface area contributed by atoms with Crippen molar-refractivity contribution in [2.75, 3.05) is 7.05 Å². The lowest BCUT2D eigenvalue weighted by molar-refractivity contribution is -0.132. The molecule has 1 aliphatic heterocycles. The van der Waals surface area contributed by atoms with Crippen molar-refractivity contribution in [1.82, 2.24) is 14.5 Å². The zero-order chi connectivity index (χ0) is 15.3. The molecule has 5 unspecified atom stereocenters. The maximum atomic E-state index is 13.2. The van der Waals surface area contributed by atoms with Crippen molar-refractivity contribution in [3.8, 4) is 0 Å². The standard InChI is InChI=1S/C18H27N3O/c1-12-19-9-10-21(12)11-13-7-8-16-17(18(13)22)14-5-3-4-6-15(14)20(16)2/h9-10,13-17H,3-8,11H2,1-2H3. The van der Waals surface area contributed by atoms with Gasteiger partial charge in [-0.2, -0.15) is 0 Å². The minimum atomic E-state index is 0.197. The Hall–Kier alpha value is -1.16. The molecule has 0 aromatic carbocycles. The number of fused-ring (bicyclic) bond motifs is 3. The minimum Gasteiger partial charge on any atom is -0.334 e. The molecule has 3 aliphatic rings. The molecular weight excluding hydrogens is 274 g/mol. The maximum absolute atomic E-state index is 13.2. The van der Waals surface area contributed by atoms with Gasteiger partial charge in [0.1, 0.15) is 11.6 Å². The van der Waals surface area contributed by atoms with Crippen LogP contribution in [0.15, 0.2) is 12.4 Å². The lowest BCUT2D eigenvalue weighted by atomic mass is 9.69. The van der Waals surface area contributed by atoms with Crippen LogP contribution in [-0.4, -0.2) is 39.4 Å². The molecule has 1 aromatic heterocycles. The van der Waals surface area contributed by atoms with Gasteiger partial charge in [0.15, 0.2) is 0 Å².